The fraction of sp³-hybridized carbons (Fsp3) is 0.278. The molecule has 124 valence electrons. The van der Waals surface area contributed by atoms with Crippen molar-refractivity contribution >= 4 is 17.2 Å². The number of carbonyl (C=O) groups excluding carboxylic acids is 1. The predicted molar refractivity (Wildman–Crippen MR) is 92.5 cm³/mol. The van der Waals surface area contributed by atoms with E-state index >= 15 is 0 Å². The minimum absolute atomic E-state index is 0.0439. The first kappa shape index (κ1) is 16.0. The van der Waals surface area contributed by atoms with Crippen molar-refractivity contribution < 1.29 is 9.53 Å². The van der Waals surface area contributed by atoms with E-state index in [1.807, 2.05) is 52.0 Å². The molecule has 6 heteroatoms. The molecule has 2 aromatic heterocycles. The molecule has 0 saturated heterocycles. The Morgan fingerprint density at radius 1 is 1.17 bits per heavy atom. The maximum Gasteiger partial charge on any atom is 0.262 e. The number of benzene rings is 1. The first-order valence-electron chi connectivity index (χ1n) is 7.76. The maximum absolute atomic E-state index is 12.2. The van der Waals surface area contributed by atoms with Crippen LogP contribution in [0.15, 0.2) is 30.5 Å². The molecule has 0 aliphatic rings. The Morgan fingerprint density at radius 3 is 2.75 bits per heavy atom. The van der Waals surface area contributed by atoms with Crippen LogP contribution in [0.5, 0.6) is 5.75 Å². The monoisotopic (exact) mass is 324 g/mol. The molecular weight excluding hydrogens is 304 g/mol. The van der Waals surface area contributed by atoms with Gasteiger partial charge >= 0.3 is 0 Å². The Morgan fingerprint density at radius 2 is 1.96 bits per heavy atom. The number of anilines is 1. The molecular formula is C18H20N4O2. The van der Waals surface area contributed by atoms with Crippen molar-refractivity contribution in [2.45, 2.75) is 27.7 Å². The van der Waals surface area contributed by atoms with Crippen LogP contribution in [0.3, 0.4) is 0 Å². The Balaban J connectivity index is 1.69. The summed E-state index contributed by atoms with van der Waals surface area (Å²) in [5.74, 6) is 1.20. The summed E-state index contributed by atoms with van der Waals surface area (Å²) >= 11 is 0. The quantitative estimate of drug-likeness (QED) is 0.801. The number of nitrogens with zero attached hydrogens (tertiary/aromatic N) is 3. The molecule has 1 N–H and O–H groups in total. The lowest BCUT2D eigenvalue weighted by Crippen LogP contribution is -2.20. The zero-order valence-corrected chi connectivity index (χ0v) is 14.3. The molecule has 0 aliphatic carbocycles. The smallest absolute Gasteiger partial charge is 0.262 e. The number of aryl methyl sites for hydroxylation is 4. The molecule has 3 rings (SSSR count). The van der Waals surface area contributed by atoms with Crippen molar-refractivity contribution in [3.63, 3.8) is 0 Å². The second-order valence-corrected chi connectivity index (χ2v) is 5.94. The molecule has 0 unspecified atom stereocenters. The molecule has 1 amide bonds. The molecule has 1 aromatic carbocycles. The molecule has 6 nitrogen and oxygen atoms in total. The van der Waals surface area contributed by atoms with E-state index in [1.54, 1.807) is 10.7 Å². The molecule has 0 bridgehead atoms. The average molecular weight is 324 g/mol. The van der Waals surface area contributed by atoms with Gasteiger partial charge in [0.25, 0.3) is 5.91 Å². The Bertz CT molecular complexity index is 915. The highest BCUT2D eigenvalue weighted by molar-refractivity contribution is 5.92. The van der Waals surface area contributed by atoms with Crippen molar-refractivity contribution in [3.05, 3.63) is 53.0 Å². The highest BCUT2D eigenvalue weighted by Gasteiger charge is 2.09. The van der Waals surface area contributed by atoms with Gasteiger partial charge in [0.15, 0.2) is 12.3 Å². The van der Waals surface area contributed by atoms with E-state index < -0.39 is 0 Å². The van der Waals surface area contributed by atoms with E-state index in [9.17, 15) is 4.79 Å². The number of fused-ring (bicyclic) bond motifs is 1. The molecule has 0 spiro atoms. The Labute approximate surface area is 140 Å². The van der Waals surface area contributed by atoms with Crippen molar-refractivity contribution in [1.82, 2.24) is 14.6 Å². The van der Waals surface area contributed by atoms with Crippen molar-refractivity contribution in [2.75, 3.05) is 11.9 Å². The number of ether oxygens (including phenoxy) is 1. The highest BCUT2D eigenvalue weighted by Crippen LogP contribution is 2.19. The second-order valence-electron chi connectivity index (χ2n) is 5.94. The van der Waals surface area contributed by atoms with Crippen LogP contribution in [0.2, 0.25) is 0 Å². The standard InChI is InChI=1S/C18H20N4O2/c1-11-5-6-12(2)16(7-11)24-10-17(23)20-15-8-13(3)18-19-14(4)21-22(18)9-15/h5-9H,10H2,1-4H3,(H,20,23). The van der Waals surface area contributed by atoms with Gasteiger partial charge in [0.2, 0.25) is 0 Å². The van der Waals surface area contributed by atoms with Crippen molar-refractivity contribution in [2.24, 2.45) is 0 Å². The maximum atomic E-state index is 12.2. The number of carbonyl (C=O) groups is 1. The van der Waals surface area contributed by atoms with Gasteiger partial charge in [-0.1, -0.05) is 12.1 Å². The summed E-state index contributed by atoms with van der Waals surface area (Å²) in [6.45, 7) is 7.67. The third-order valence-electron chi connectivity index (χ3n) is 3.71. The zero-order chi connectivity index (χ0) is 17.3. The minimum atomic E-state index is -0.216. The van der Waals surface area contributed by atoms with Gasteiger partial charge in [-0.2, -0.15) is 5.10 Å². The van der Waals surface area contributed by atoms with Crippen LogP contribution >= 0.6 is 0 Å². The van der Waals surface area contributed by atoms with E-state index in [0.29, 0.717) is 11.5 Å². The predicted octanol–water partition coefficient (Wildman–Crippen LogP) is 2.98. The molecule has 0 radical (unpaired) electrons. The molecule has 0 saturated carbocycles. The van der Waals surface area contributed by atoms with E-state index in [0.717, 1.165) is 28.1 Å². The Kier molecular flexibility index (Phi) is 4.20. The number of aromatic nitrogens is 3. The summed E-state index contributed by atoms with van der Waals surface area (Å²) in [6, 6.07) is 7.80. The number of pyridine rings is 1. The van der Waals surface area contributed by atoms with E-state index in [2.05, 4.69) is 15.4 Å². The summed E-state index contributed by atoms with van der Waals surface area (Å²) in [4.78, 5) is 16.5. The van der Waals surface area contributed by atoms with Crippen LogP contribution in [0.4, 0.5) is 5.69 Å². The largest absolute Gasteiger partial charge is 0.483 e. The number of nitrogens with one attached hydrogen (secondary N) is 1. The minimum Gasteiger partial charge on any atom is -0.483 e. The van der Waals surface area contributed by atoms with Crippen molar-refractivity contribution in [1.29, 1.82) is 0 Å². The SMILES string of the molecule is Cc1ccc(C)c(OCC(=O)Nc2cc(C)c3nc(C)nn3c2)c1. The molecule has 0 fully saturated rings. The fourth-order valence-corrected chi connectivity index (χ4v) is 2.53. The lowest BCUT2D eigenvalue weighted by atomic mass is 10.1. The lowest BCUT2D eigenvalue weighted by Gasteiger charge is -2.11. The Hall–Kier alpha value is -2.89. The van der Waals surface area contributed by atoms with Crippen molar-refractivity contribution in [3.8, 4) is 5.75 Å². The number of hydrogen-bond acceptors (Lipinski definition) is 4. The van der Waals surface area contributed by atoms with Gasteiger partial charge in [-0.15, -0.1) is 0 Å². The van der Waals surface area contributed by atoms with E-state index in [4.69, 9.17) is 4.74 Å². The first-order valence-corrected chi connectivity index (χ1v) is 7.76. The van der Waals surface area contributed by atoms with Gasteiger partial charge < -0.3 is 10.1 Å². The molecule has 0 aliphatic heterocycles. The van der Waals surface area contributed by atoms with Crippen LogP contribution in [0, 0.1) is 27.7 Å². The van der Waals surface area contributed by atoms with E-state index in [-0.39, 0.29) is 12.5 Å². The molecule has 24 heavy (non-hydrogen) atoms. The summed E-state index contributed by atoms with van der Waals surface area (Å²) in [5, 5.41) is 7.12. The summed E-state index contributed by atoms with van der Waals surface area (Å²) in [6.07, 6.45) is 1.75. The summed E-state index contributed by atoms with van der Waals surface area (Å²) in [7, 11) is 0. The third kappa shape index (κ3) is 3.37. The van der Waals surface area contributed by atoms with Gasteiger partial charge in [0.05, 0.1) is 11.9 Å². The van der Waals surface area contributed by atoms with Gasteiger partial charge in [-0.25, -0.2) is 9.50 Å². The lowest BCUT2D eigenvalue weighted by molar-refractivity contribution is -0.118. The molecule has 3 aromatic rings. The fourth-order valence-electron chi connectivity index (χ4n) is 2.53. The summed E-state index contributed by atoms with van der Waals surface area (Å²) in [5.41, 5.74) is 4.50. The highest BCUT2D eigenvalue weighted by atomic mass is 16.5. The number of hydrogen-bond donors (Lipinski definition) is 1. The van der Waals surface area contributed by atoms with Crippen LogP contribution < -0.4 is 10.1 Å². The molecule has 0 atom stereocenters. The first-order chi connectivity index (χ1) is 11.4. The number of amides is 1. The van der Waals surface area contributed by atoms with Gasteiger partial charge in [-0.05, 0) is 56.5 Å². The van der Waals surface area contributed by atoms with E-state index in [1.165, 1.54) is 0 Å². The average Bonchev–Trinajstić information content (AvgIpc) is 2.89. The van der Waals surface area contributed by atoms with Crippen LogP contribution in [0.1, 0.15) is 22.5 Å². The van der Waals surface area contributed by atoms with Gasteiger partial charge in [0, 0.05) is 0 Å². The normalized spacial score (nSPS) is 10.8. The van der Waals surface area contributed by atoms with Gasteiger partial charge in [0.1, 0.15) is 11.6 Å². The van der Waals surface area contributed by atoms with Crippen LogP contribution in [-0.4, -0.2) is 27.1 Å². The topological polar surface area (TPSA) is 68.5 Å². The van der Waals surface area contributed by atoms with Crippen LogP contribution in [-0.2, 0) is 4.79 Å². The third-order valence-corrected chi connectivity index (χ3v) is 3.71. The summed E-state index contributed by atoms with van der Waals surface area (Å²) < 4.78 is 7.30. The molecule has 2 heterocycles. The zero-order valence-electron chi connectivity index (χ0n) is 14.3. The number of rotatable bonds is 4. The van der Waals surface area contributed by atoms with Gasteiger partial charge in [-0.3, -0.25) is 4.79 Å². The second kappa shape index (κ2) is 6.31. The van der Waals surface area contributed by atoms with Crippen LogP contribution in [0.25, 0.3) is 5.65 Å².